The summed E-state index contributed by atoms with van der Waals surface area (Å²) in [6.45, 7) is 8.11. The van der Waals surface area contributed by atoms with E-state index in [4.69, 9.17) is 0 Å². The van der Waals surface area contributed by atoms with Crippen LogP contribution in [0.4, 0.5) is 0 Å². The van der Waals surface area contributed by atoms with Crippen LogP contribution in [-0.4, -0.2) is 17.5 Å². The largest absolute Gasteiger partial charge is 0.392 e. The van der Waals surface area contributed by atoms with Gasteiger partial charge in [0.15, 0.2) is 5.78 Å². The summed E-state index contributed by atoms with van der Waals surface area (Å²) >= 11 is 0. The van der Waals surface area contributed by atoms with E-state index in [0.717, 1.165) is 30.4 Å². The molecule has 2 nitrogen and oxygen atoms in total. The lowest BCUT2D eigenvalue weighted by Crippen LogP contribution is -2.28. The van der Waals surface area contributed by atoms with Crippen LogP contribution in [0.3, 0.4) is 0 Å². The van der Waals surface area contributed by atoms with Gasteiger partial charge < -0.3 is 5.11 Å². The second-order valence-electron chi connectivity index (χ2n) is 5.43. The third-order valence-electron chi connectivity index (χ3n) is 4.43. The number of carbonyl (C=O) groups is 1. The van der Waals surface area contributed by atoms with Gasteiger partial charge >= 0.3 is 0 Å². The number of aliphatic hydroxyl groups excluding tert-OH is 1. The van der Waals surface area contributed by atoms with Gasteiger partial charge in [-0.05, 0) is 56.8 Å². The zero-order chi connectivity index (χ0) is 12.6. The predicted octanol–water partition coefficient (Wildman–Crippen LogP) is 2.80. The Hall–Kier alpha value is -1.15. The monoisotopic (exact) mass is 232 g/mol. The molecule has 1 N–H and O–H groups in total. The summed E-state index contributed by atoms with van der Waals surface area (Å²) in [4.78, 5) is 11.5. The molecule has 0 aliphatic heterocycles. The maximum atomic E-state index is 11.5. The number of hydrogen-bond acceptors (Lipinski definition) is 2. The molecule has 2 heteroatoms. The van der Waals surface area contributed by atoms with Crippen molar-refractivity contribution < 1.29 is 9.90 Å². The van der Waals surface area contributed by atoms with E-state index in [1.165, 1.54) is 5.57 Å². The average Bonchev–Trinajstić information content (AvgIpc) is 2.70. The molecule has 2 aliphatic carbocycles. The highest BCUT2D eigenvalue weighted by Gasteiger charge is 2.44. The van der Waals surface area contributed by atoms with E-state index in [1.807, 2.05) is 6.92 Å². The lowest BCUT2D eigenvalue weighted by atomic mass is 9.69. The van der Waals surface area contributed by atoms with Crippen LogP contribution in [0.5, 0.6) is 0 Å². The van der Waals surface area contributed by atoms with Crippen molar-refractivity contribution in [3.63, 3.8) is 0 Å². The van der Waals surface area contributed by atoms with E-state index in [1.54, 1.807) is 12.2 Å². The molecule has 0 aromatic heterocycles. The average molecular weight is 232 g/mol. The lowest BCUT2D eigenvalue weighted by Gasteiger charge is -2.35. The standard InChI is InChI=1S/C15H20O2/c1-10(2)12-4-5-15(8-12)11(3)6-14(17)7-13(15)9-16/h6-7,12,16H,1,4-5,8-9H2,2-3H3/t12-,15+/m1/s1. The van der Waals surface area contributed by atoms with Crippen molar-refractivity contribution in [3.8, 4) is 0 Å². The highest BCUT2D eigenvalue weighted by atomic mass is 16.3. The second-order valence-corrected chi connectivity index (χ2v) is 5.43. The van der Waals surface area contributed by atoms with Crippen molar-refractivity contribution in [2.24, 2.45) is 11.3 Å². The normalized spacial score (nSPS) is 32.6. The molecule has 0 amide bonds. The maximum Gasteiger partial charge on any atom is 0.178 e. The molecular weight excluding hydrogens is 212 g/mol. The Labute approximate surface area is 103 Å². The molecule has 0 bridgehead atoms. The number of aliphatic hydroxyl groups is 1. The summed E-state index contributed by atoms with van der Waals surface area (Å²) in [6, 6.07) is 0. The molecule has 0 radical (unpaired) electrons. The zero-order valence-corrected chi connectivity index (χ0v) is 10.6. The first kappa shape index (κ1) is 12.3. The summed E-state index contributed by atoms with van der Waals surface area (Å²) in [6.07, 6.45) is 6.46. The molecule has 17 heavy (non-hydrogen) atoms. The fourth-order valence-electron chi connectivity index (χ4n) is 3.27. The summed E-state index contributed by atoms with van der Waals surface area (Å²) in [5.41, 5.74) is 3.14. The highest BCUT2D eigenvalue weighted by Crippen LogP contribution is 2.54. The first-order valence-corrected chi connectivity index (χ1v) is 6.19. The lowest BCUT2D eigenvalue weighted by molar-refractivity contribution is -0.110. The fourth-order valence-corrected chi connectivity index (χ4v) is 3.27. The van der Waals surface area contributed by atoms with Crippen molar-refractivity contribution in [2.45, 2.75) is 33.1 Å². The van der Waals surface area contributed by atoms with Crippen molar-refractivity contribution in [2.75, 3.05) is 6.61 Å². The summed E-state index contributed by atoms with van der Waals surface area (Å²) in [7, 11) is 0. The third-order valence-corrected chi connectivity index (χ3v) is 4.43. The Morgan fingerprint density at radius 3 is 2.82 bits per heavy atom. The number of allylic oxidation sites excluding steroid dienone is 4. The molecular formula is C15H20O2. The first-order chi connectivity index (χ1) is 7.99. The van der Waals surface area contributed by atoms with Gasteiger partial charge in [-0.3, -0.25) is 4.79 Å². The molecule has 1 spiro atoms. The minimum atomic E-state index is -0.0771. The van der Waals surface area contributed by atoms with E-state index in [-0.39, 0.29) is 17.8 Å². The SMILES string of the molecule is C=C(C)[C@@H]1CC[C@]2(C1)C(C)=CC(=O)C=C2CO. The molecule has 1 fully saturated rings. The van der Waals surface area contributed by atoms with Gasteiger partial charge in [-0.2, -0.15) is 0 Å². The van der Waals surface area contributed by atoms with E-state index in [2.05, 4.69) is 13.5 Å². The number of ketones is 1. The molecule has 0 saturated heterocycles. The molecule has 0 heterocycles. The van der Waals surface area contributed by atoms with E-state index >= 15 is 0 Å². The van der Waals surface area contributed by atoms with Crippen LogP contribution in [0.25, 0.3) is 0 Å². The summed E-state index contributed by atoms with van der Waals surface area (Å²) in [5.74, 6) is 0.525. The number of rotatable bonds is 2. The molecule has 2 atom stereocenters. The number of hydrogen-bond donors (Lipinski definition) is 1. The van der Waals surface area contributed by atoms with Crippen LogP contribution < -0.4 is 0 Å². The van der Waals surface area contributed by atoms with Crippen LogP contribution >= 0.6 is 0 Å². The Kier molecular flexibility index (Phi) is 3.09. The quantitative estimate of drug-likeness (QED) is 0.743. The molecule has 2 rings (SSSR count). The molecule has 0 aromatic carbocycles. The number of carbonyl (C=O) groups excluding carboxylic acids is 1. The second kappa shape index (κ2) is 4.26. The predicted molar refractivity (Wildman–Crippen MR) is 68.5 cm³/mol. The van der Waals surface area contributed by atoms with Gasteiger partial charge in [0.05, 0.1) is 6.61 Å². The Bertz CT molecular complexity index is 428. The summed E-state index contributed by atoms with van der Waals surface area (Å²) < 4.78 is 0. The van der Waals surface area contributed by atoms with E-state index in [0.29, 0.717) is 5.92 Å². The van der Waals surface area contributed by atoms with Gasteiger partial charge in [0.2, 0.25) is 0 Å². The van der Waals surface area contributed by atoms with Gasteiger partial charge in [0.25, 0.3) is 0 Å². The molecule has 0 aromatic rings. The van der Waals surface area contributed by atoms with Gasteiger partial charge in [-0.15, -0.1) is 0 Å². The molecule has 92 valence electrons. The van der Waals surface area contributed by atoms with Crippen molar-refractivity contribution >= 4 is 5.78 Å². The molecule has 2 aliphatic rings. The smallest absolute Gasteiger partial charge is 0.178 e. The Balaban J connectivity index is 2.36. The minimum absolute atomic E-state index is 0.0101. The topological polar surface area (TPSA) is 37.3 Å². The summed E-state index contributed by atoms with van der Waals surface area (Å²) in [5, 5.41) is 9.51. The molecule has 1 saturated carbocycles. The van der Waals surface area contributed by atoms with Crippen molar-refractivity contribution in [3.05, 3.63) is 35.5 Å². The highest BCUT2D eigenvalue weighted by molar-refractivity contribution is 6.02. The van der Waals surface area contributed by atoms with Crippen LogP contribution in [0.2, 0.25) is 0 Å². The van der Waals surface area contributed by atoms with Crippen LogP contribution in [0.15, 0.2) is 35.5 Å². The Morgan fingerprint density at radius 2 is 2.29 bits per heavy atom. The van der Waals surface area contributed by atoms with Crippen molar-refractivity contribution in [1.29, 1.82) is 0 Å². The zero-order valence-electron chi connectivity index (χ0n) is 10.6. The van der Waals surface area contributed by atoms with Gasteiger partial charge in [0, 0.05) is 5.41 Å². The van der Waals surface area contributed by atoms with E-state index < -0.39 is 0 Å². The minimum Gasteiger partial charge on any atom is -0.392 e. The van der Waals surface area contributed by atoms with Crippen LogP contribution in [0, 0.1) is 11.3 Å². The van der Waals surface area contributed by atoms with Crippen molar-refractivity contribution in [1.82, 2.24) is 0 Å². The van der Waals surface area contributed by atoms with Crippen LogP contribution in [-0.2, 0) is 4.79 Å². The Morgan fingerprint density at radius 1 is 1.59 bits per heavy atom. The fraction of sp³-hybridized carbons (Fsp3) is 0.533. The van der Waals surface area contributed by atoms with Gasteiger partial charge in [-0.25, -0.2) is 0 Å². The molecule has 0 unspecified atom stereocenters. The first-order valence-electron chi connectivity index (χ1n) is 6.19. The third kappa shape index (κ3) is 1.91. The van der Waals surface area contributed by atoms with Gasteiger partial charge in [0.1, 0.15) is 0 Å². The van der Waals surface area contributed by atoms with Gasteiger partial charge in [-0.1, -0.05) is 17.7 Å². The van der Waals surface area contributed by atoms with E-state index in [9.17, 15) is 9.90 Å². The maximum absolute atomic E-state index is 11.5. The van der Waals surface area contributed by atoms with Crippen LogP contribution in [0.1, 0.15) is 33.1 Å².